The van der Waals surface area contributed by atoms with E-state index in [2.05, 4.69) is 90.2 Å². The van der Waals surface area contributed by atoms with Crippen LogP contribution in [0.25, 0.3) is 22.3 Å². The Morgan fingerprint density at radius 3 is 1.79 bits per heavy atom. The predicted molar refractivity (Wildman–Crippen MR) is 128 cm³/mol. The molecule has 0 aliphatic heterocycles. The van der Waals surface area contributed by atoms with E-state index < -0.39 is 0 Å². The third-order valence-corrected chi connectivity index (χ3v) is 5.24. The Bertz CT molecular complexity index is 1110. The molecule has 0 amide bonds. The minimum Gasteiger partial charge on any atom is -0.334 e. The summed E-state index contributed by atoms with van der Waals surface area (Å²) in [5.74, 6) is 0. The number of para-hydroxylation sites is 2. The van der Waals surface area contributed by atoms with Gasteiger partial charge in [-0.05, 0) is 29.5 Å². The maximum atomic E-state index is 4.95. The fraction of sp³-hybridized carbons (Fsp3) is 0.0385. The van der Waals surface area contributed by atoms with E-state index in [9.17, 15) is 0 Å². The molecule has 0 radical (unpaired) electrons. The van der Waals surface area contributed by atoms with Crippen LogP contribution in [0.4, 0.5) is 11.4 Å². The molecule has 0 atom stereocenters. The van der Waals surface area contributed by atoms with Crippen LogP contribution >= 0.6 is 11.8 Å². The number of nitrogens with one attached hydrogen (secondary N) is 1. The van der Waals surface area contributed by atoms with Gasteiger partial charge in [0.15, 0.2) is 5.17 Å². The number of anilines is 1. The Morgan fingerprint density at radius 1 is 0.621 bits per heavy atom. The van der Waals surface area contributed by atoms with Crippen molar-refractivity contribution in [2.24, 2.45) is 4.99 Å². The first-order valence-corrected chi connectivity index (χ1v) is 10.8. The van der Waals surface area contributed by atoms with Gasteiger partial charge >= 0.3 is 0 Å². The smallest absolute Gasteiger partial charge is 0.165 e. The van der Waals surface area contributed by atoms with Crippen LogP contribution in [0, 0.1) is 0 Å². The maximum Gasteiger partial charge on any atom is 0.165 e. The SMILES string of the molecule is CSC(=Nc1ccccc1-c1ccccc1)Nc1ccccc1-c1ccccc1. The summed E-state index contributed by atoms with van der Waals surface area (Å²) in [6.45, 7) is 0. The lowest BCUT2D eigenvalue weighted by atomic mass is 10.0. The van der Waals surface area contributed by atoms with Crippen molar-refractivity contribution in [1.29, 1.82) is 0 Å². The molecule has 4 rings (SSSR count). The second-order valence-electron chi connectivity index (χ2n) is 6.54. The lowest BCUT2D eigenvalue weighted by molar-refractivity contribution is 1.49. The lowest BCUT2D eigenvalue weighted by Crippen LogP contribution is -2.08. The zero-order valence-electron chi connectivity index (χ0n) is 16.2. The number of benzene rings is 4. The van der Waals surface area contributed by atoms with Crippen molar-refractivity contribution < 1.29 is 0 Å². The molecular formula is C26H22N2S. The van der Waals surface area contributed by atoms with Crippen molar-refractivity contribution in [2.75, 3.05) is 11.6 Å². The van der Waals surface area contributed by atoms with Gasteiger partial charge in [-0.15, -0.1) is 0 Å². The molecule has 1 N–H and O–H groups in total. The highest BCUT2D eigenvalue weighted by molar-refractivity contribution is 8.13. The fourth-order valence-corrected chi connectivity index (χ4v) is 3.65. The Balaban J connectivity index is 1.70. The maximum absolute atomic E-state index is 4.95. The number of rotatable bonds is 4. The Kier molecular flexibility index (Phi) is 6.08. The number of amidine groups is 1. The first-order chi connectivity index (χ1) is 14.3. The summed E-state index contributed by atoms with van der Waals surface area (Å²) in [6, 6.07) is 37.4. The van der Waals surface area contributed by atoms with Gasteiger partial charge in [0, 0.05) is 16.8 Å². The molecule has 0 aliphatic rings. The van der Waals surface area contributed by atoms with Crippen molar-refractivity contribution in [2.45, 2.75) is 0 Å². The van der Waals surface area contributed by atoms with E-state index in [1.54, 1.807) is 11.8 Å². The molecule has 0 spiro atoms. The highest BCUT2D eigenvalue weighted by atomic mass is 32.2. The highest BCUT2D eigenvalue weighted by Gasteiger charge is 2.09. The van der Waals surface area contributed by atoms with Crippen LogP contribution in [0.2, 0.25) is 0 Å². The standard InChI is InChI=1S/C26H22N2S/c1-29-26(27-24-18-10-8-16-22(24)20-12-4-2-5-13-20)28-25-19-11-9-17-23(25)21-14-6-3-7-15-21/h2-19H,1H3,(H,27,28). The van der Waals surface area contributed by atoms with Gasteiger partial charge in [-0.25, -0.2) is 4.99 Å². The molecule has 0 heterocycles. The lowest BCUT2D eigenvalue weighted by Gasteiger charge is -2.14. The van der Waals surface area contributed by atoms with Gasteiger partial charge in [0.1, 0.15) is 0 Å². The molecule has 0 saturated carbocycles. The molecule has 0 fully saturated rings. The third-order valence-electron chi connectivity index (χ3n) is 4.66. The Labute approximate surface area is 176 Å². The van der Waals surface area contributed by atoms with E-state index in [1.807, 2.05) is 30.5 Å². The minimum absolute atomic E-state index is 0.858. The summed E-state index contributed by atoms with van der Waals surface area (Å²) in [4.78, 5) is 4.95. The fourth-order valence-electron chi connectivity index (χ4n) is 3.24. The summed E-state index contributed by atoms with van der Waals surface area (Å²) in [6.07, 6.45) is 2.04. The van der Waals surface area contributed by atoms with Gasteiger partial charge in [0.2, 0.25) is 0 Å². The quantitative estimate of drug-likeness (QED) is 0.286. The van der Waals surface area contributed by atoms with E-state index in [4.69, 9.17) is 4.99 Å². The van der Waals surface area contributed by atoms with E-state index in [-0.39, 0.29) is 0 Å². The number of aliphatic imine (C=N–C) groups is 1. The highest BCUT2D eigenvalue weighted by Crippen LogP contribution is 2.32. The summed E-state index contributed by atoms with van der Waals surface area (Å²) in [5.41, 5.74) is 6.62. The van der Waals surface area contributed by atoms with Crippen LogP contribution in [0.3, 0.4) is 0 Å². The molecular weight excluding hydrogens is 372 g/mol. The Hall–Kier alpha value is -3.30. The van der Waals surface area contributed by atoms with E-state index >= 15 is 0 Å². The van der Waals surface area contributed by atoms with Crippen molar-refractivity contribution in [3.63, 3.8) is 0 Å². The molecule has 4 aromatic carbocycles. The molecule has 0 unspecified atom stereocenters. The summed E-state index contributed by atoms with van der Waals surface area (Å²) in [7, 11) is 0. The number of nitrogens with zero attached hydrogens (tertiary/aromatic N) is 1. The summed E-state index contributed by atoms with van der Waals surface area (Å²) >= 11 is 1.61. The van der Waals surface area contributed by atoms with Gasteiger partial charge in [-0.2, -0.15) is 0 Å². The molecule has 3 heteroatoms. The van der Waals surface area contributed by atoms with Crippen molar-refractivity contribution in [1.82, 2.24) is 0 Å². The molecule has 2 nitrogen and oxygen atoms in total. The molecule has 0 aromatic heterocycles. The van der Waals surface area contributed by atoms with E-state index in [1.165, 1.54) is 5.56 Å². The largest absolute Gasteiger partial charge is 0.334 e. The van der Waals surface area contributed by atoms with Crippen molar-refractivity contribution >= 4 is 28.3 Å². The molecule has 0 aliphatic carbocycles. The van der Waals surface area contributed by atoms with Crippen LogP contribution in [-0.2, 0) is 0 Å². The van der Waals surface area contributed by atoms with Crippen molar-refractivity contribution in [3.05, 3.63) is 109 Å². The van der Waals surface area contributed by atoms with Crippen LogP contribution in [0.15, 0.2) is 114 Å². The van der Waals surface area contributed by atoms with Crippen LogP contribution < -0.4 is 5.32 Å². The molecule has 0 bridgehead atoms. The first kappa shape index (κ1) is 19.0. The predicted octanol–water partition coefficient (Wildman–Crippen LogP) is 7.48. The minimum atomic E-state index is 0.858. The van der Waals surface area contributed by atoms with Gasteiger partial charge in [0.25, 0.3) is 0 Å². The molecule has 4 aromatic rings. The van der Waals surface area contributed by atoms with Crippen LogP contribution in [0.1, 0.15) is 0 Å². The first-order valence-electron chi connectivity index (χ1n) is 9.54. The van der Waals surface area contributed by atoms with Gasteiger partial charge in [0.05, 0.1) is 5.69 Å². The van der Waals surface area contributed by atoms with Crippen LogP contribution in [0.5, 0.6) is 0 Å². The molecule has 0 saturated heterocycles. The Morgan fingerprint density at radius 2 is 1.14 bits per heavy atom. The average Bonchev–Trinajstić information content (AvgIpc) is 2.80. The average molecular weight is 395 g/mol. The second kappa shape index (κ2) is 9.26. The monoisotopic (exact) mass is 394 g/mol. The number of hydrogen-bond acceptors (Lipinski definition) is 2. The second-order valence-corrected chi connectivity index (χ2v) is 7.34. The summed E-state index contributed by atoms with van der Waals surface area (Å²) in [5, 5.41) is 4.39. The number of hydrogen-bond donors (Lipinski definition) is 1. The number of thioether (sulfide) groups is 1. The van der Waals surface area contributed by atoms with Crippen molar-refractivity contribution in [3.8, 4) is 22.3 Å². The third kappa shape index (κ3) is 4.58. The molecule has 29 heavy (non-hydrogen) atoms. The van der Waals surface area contributed by atoms with Crippen LogP contribution in [-0.4, -0.2) is 11.4 Å². The van der Waals surface area contributed by atoms with E-state index in [0.29, 0.717) is 0 Å². The normalized spacial score (nSPS) is 11.3. The summed E-state index contributed by atoms with van der Waals surface area (Å²) < 4.78 is 0. The van der Waals surface area contributed by atoms with Gasteiger partial charge < -0.3 is 5.32 Å². The molecule has 142 valence electrons. The van der Waals surface area contributed by atoms with Gasteiger partial charge in [-0.3, -0.25) is 0 Å². The zero-order chi connectivity index (χ0) is 19.9. The van der Waals surface area contributed by atoms with Gasteiger partial charge in [-0.1, -0.05) is 109 Å². The zero-order valence-corrected chi connectivity index (χ0v) is 17.1. The topological polar surface area (TPSA) is 24.4 Å². The van der Waals surface area contributed by atoms with E-state index in [0.717, 1.165) is 33.2 Å².